The molecule has 154 valence electrons. The van der Waals surface area contributed by atoms with Crippen molar-refractivity contribution in [3.05, 3.63) is 59.0 Å². The fourth-order valence-corrected chi connectivity index (χ4v) is 4.40. The van der Waals surface area contributed by atoms with Gasteiger partial charge in [-0.3, -0.25) is 4.79 Å². The number of ether oxygens (including phenoxy) is 1. The van der Waals surface area contributed by atoms with Gasteiger partial charge < -0.3 is 14.1 Å². The summed E-state index contributed by atoms with van der Waals surface area (Å²) in [4.78, 5) is 14.7. The molecule has 0 saturated carbocycles. The Kier molecular flexibility index (Phi) is 5.76. The van der Waals surface area contributed by atoms with Crippen molar-refractivity contribution in [2.45, 2.75) is 51.5 Å². The Labute approximate surface area is 176 Å². The minimum Gasteiger partial charge on any atom is -0.467 e. The summed E-state index contributed by atoms with van der Waals surface area (Å²) in [6, 6.07) is 10.9. The maximum atomic E-state index is 13.5. The van der Waals surface area contributed by atoms with E-state index in [0.717, 1.165) is 30.1 Å². The number of hydrazone groups is 1. The van der Waals surface area contributed by atoms with Gasteiger partial charge in [-0.05, 0) is 50.6 Å². The molecule has 1 aromatic heterocycles. The van der Waals surface area contributed by atoms with Crippen LogP contribution in [-0.4, -0.2) is 48.0 Å². The second-order valence-electron chi connectivity index (χ2n) is 8.02. The van der Waals surface area contributed by atoms with Crippen molar-refractivity contribution in [3.8, 4) is 0 Å². The maximum absolute atomic E-state index is 13.5. The number of benzene rings is 1. The zero-order chi connectivity index (χ0) is 20.5. The molecule has 1 amide bonds. The second kappa shape index (κ2) is 8.30. The highest BCUT2D eigenvalue weighted by Crippen LogP contribution is 2.33. The largest absolute Gasteiger partial charge is 0.467 e. The zero-order valence-electron chi connectivity index (χ0n) is 17.0. The van der Waals surface area contributed by atoms with Gasteiger partial charge in [0.15, 0.2) is 6.04 Å². The number of morpholine rings is 1. The molecule has 1 aromatic carbocycles. The molecule has 2 aliphatic heterocycles. The van der Waals surface area contributed by atoms with E-state index in [4.69, 9.17) is 25.9 Å². The normalized spacial score (nSPS) is 28.3. The quantitative estimate of drug-likeness (QED) is 0.833. The lowest BCUT2D eigenvalue weighted by molar-refractivity contribution is -0.928. The molecule has 1 saturated heterocycles. The first-order valence-electron chi connectivity index (χ1n) is 10.1. The zero-order valence-corrected chi connectivity index (χ0v) is 17.7. The van der Waals surface area contributed by atoms with Gasteiger partial charge >= 0.3 is 5.91 Å². The van der Waals surface area contributed by atoms with E-state index < -0.39 is 0 Å². The van der Waals surface area contributed by atoms with E-state index in [2.05, 4.69) is 13.8 Å². The predicted octanol–water partition coefficient (Wildman–Crippen LogP) is 2.69. The van der Waals surface area contributed by atoms with E-state index in [1.807, 2.05) is 43.3 Å². The standard InChI is InChI=1S/C22H26ClN3O3/c1-14-12-25(13-15(2)29-14)16(3)22(27)26-20(21-5-4-10-28-21)11-19(24-26)17-6-8-18(23)9-7-17/h4-10,14-16,20H,11-13H2,1-3H3/p+1/t14-,15-,16+,20+/m1/s1. The summed E-state index contributed by atoms with van der Waals surface area (Å²) in [6.07, 6.45) is 2.52. The third-order valence-electron chi connectivity index (χ3n) is 5.73. The molecule has 7 heteroatoms. The summed E-state index contributed by atoms with van der Waals surface area (Å²) in [7, 11) is 0. The third kappa shape index (κ3) is 4.25. The van der Waals surface area contributed by atoms with Crippen molar-refractivity contribution in [1.29, 1.82) is 0 Å². The molecule has 4 atom stereocenters. The van der Waals surface area contributed by atoms with Crippen molar-refractivity contribution in [2.24, 2.45) is 5.10 Å². The fraction of sp³-hybridized carbons (Fsp3) is 0.455. The number of furan rings is 1. The van der Waals surface area contributed by atoms with Crippen LogP contribution in [0.5, 0.6) is 0 Å². The Balaban J connectivity index is 1.60. The SMILES string of the molecule is C[C@@H]1C[NH+]([C@@H](C)C(=O)N2N=C(c3ccc(Cl)cc3)C[C@H]2c2ccco2)C[C@@H](C)O1. The summed E-state index contributed by atoms with van der Waals surface area (Å²) >= 11 is 6.03. The Hall–Kier alpha value is -2.15. The number of hydrogen-bond acceptors (Lipinski definition) is 4. The van der Waals surface area contributed by atoms with Gasteiger partial charge in [0.1, 0.15) is 37.1 Å². The Morgan fingerprint density at radius 1 is 1.21 bits per heavy atom. The number of rotatable bonds is 4. The van der Waals surface area contributed by atoms with Crippen molar-refractivity contribution >= 4 is 23.2 Å². The van der Waals surface area contributed by atoms with Gasteiger partial charge in [0.2, 0.25) is 0 Å². The number of hydrogen-bond donors (Lipinski definition) is 1. The van der Waals surface area contributed by atoms with Crippen LogP contribution in [0.4, 0.5) is 0 Å². The monoisotopic (exact) mass is 416 g/mol. The molecule has 6 nitrogen and oxygen atoms in total. The minimum absolute atomic E-state index is 0.00617. The highest BCUT2D eigenvalue weighted by molar-refractivity contribution is 6.30. The number of nitrogens with zero attached hydrogens (tertiary/aromatic N) is 2. The number of halogens is 1. The minimum atomic E-state index is -0.235. The van der Waals surface area contributed by atoms with Gasteiger partial charge in [0.05, 0.1) is 12.0 Å². The first-order chi connectivity index (χ1) is 13.9. The third-order valence-corrected chi connectivity index (χ3v) is 5.98. The van der Waals surface area contributed by atoms with E-state index in [1.54, 1.807) is 11.3 Å². The molecule has 1 N–H and O–H groups in total. The summed E-state index contributed by atoms with van der Waals surface area (Å²) in [5.41, 5.74) is 1.83. The molecule has 0 radical (unpaired) electrons. The molecule has 0 spiro atoms. The Morgan fingerprint density at radius 3 is 2.52 bits per heavy atom. The van der Waals surface area contributed by atoms with E-state index in [0.29, 0.717) is 11.4 Å². The van der Waals surface area contributed by atoms with Crippen molar-refractivity contribution in [3.63, 3.8) is 0 Å². The van der Waals surface area contributed by atoms with E-state index in [9.17, 15) is 4.79 Å². The van der Waals surface area contributed by atoms with Crippen molar-refractivity contribution in [1.82, 2.24) is 5.01 Å². The van der Waals surface area contributed by atoms with Crippen molar-refractivity contribution < 1.29 is 18.8 Å². The Bertz CT molecular complexity index is 871. The van der Waals surface area contributed by atoms with Gasteiger partial charge in [-0.2, -0.15) is 5.10 Å². The van der Waals surface area contributed by atoms with Crippen LogP contribution in [0.1, 0.15) is 44.6 Å². The van der Waals surface area contributed by atoms with Crippen LogP contribution in [0.25, 0.3) is 0 Å². The van der Waals surface area contributed by atoms with Gasteiger partial charge in [-0.25, -0.2) is 5.01 Å². The number of amides is 1. The predicted molar refractivity (Wildman–Crippen MR) is 111 cm³/mol. The molecule has 2 aromatic rings. The topological polar surface area (TPSA) is 59.5 Å². The van der Waals surface area contributed by atoms with Crippen LogP contribution >= 0.6 is 11.6 Å². The van der Waals surface area contributed by atoms with Crippen LogP contribution < -0.4 is 4.90 Å². The summed E-state index contributed by atoms with van der Waals surface area (Å²) in [6.45, 7) is 7.72. The first-order valence-corrected chi connectivity index (χ1v) is 10.5. The molecule has 0 unspecified atom stereocenters. The van der Waals surface area contributed by atoms with Gasteiger partial charge in [0.25, 0.3) is 0 Å². The summed E-state index contributed by atoms with van der Waals surface area (Å²) in [5, 5.41) is 7.02. The Morgan fingerprint density at radius 2 is 1.90 bits per heavy atom. The fourth-order valence-electron chi connectivity index (χ4n) is 4.27. The molecule has 3 heterocycles. The lowest BCUT2D eigenvalue weighted by Gasteiger charge is -2.36. The second-order valence-corrected chi connectivity index (χ2v) is 8.45. The number of carbonyl (C=O) groups excluding carboxylic acids is 1. The van der Waals surface area contributed by atoms with E-state index in [-0.39, 0.29) is 30.2 Å². The van der Waals surface area contributed by atoms with Gasteiger partial charge in [-0.1, -0.05) is 23.7 Å². The molecule has 0 aliphatic carbocycles. The van der Waals surface area contributed by atoms with Crippen LogP contribution in [0.2, 0.25) is 5.02 Å². The highest BCUT2D eigenvalue weighted by atomic mass is 35.5. The first kappa shape index (κ1) is 20.1. The molecule has 4 rings (SSSR count). The lowest BCUT2D eigenvalue weighted by atomic mass is 10.0. The molecule has 2 aliphatic rings. The molecule has 0 bridgehead atoms. The van der Waals surface area contributed by atoms with Crippen LogP contribution in [-0.2, 0) is 9.53 Å². The van der Waals surface area contributed by atoms with Gasteiger partial charge in [0, 0.05) is 11.4 Å². The molecule has 29 heavy (non-hydrogen) atoms. The van der Waals surface area contributed by atoms with E-state index >= 15 is 0 Å². The van der Waals surface area contributed by atoms with E-state index in [1.165, 1.54) is 4.90 Å². The average molecular weight is 417 g/mol. The number of nitrogens with one attached hydrogen (secondary N) is 1. The number of carbonyl (C=O) groups is 1. The maximum Gasteiger partial charge on any atom is 0.301 e. The highest BCUT2D eigenvalue weighted by Gasteiger charge is 2.41. The smallest absolute Gasteiger partial charge is 0.301 e. The van der Waals surface area contributed by atoms with Crippen molar-refractivity contribution in [2.75, 3.05) is 13.1 Å². The molecular weight excluding hydrogens is 390 g/mol. The molecule has 1 fully saturated rings. The summed E-state index contributed by atoms with van der Waals surface area (Å²) in [5.74, 6) is 0.753. The van der Waals surface area contributed by atoms with Crippen LogP contribution in [0.3, 0.4) is 0 Å². The van der Waals surface area contributed by atoms with Crippen LogP contribution in [0, 0.1) is 0 Å². The average Bonchev–Trinajstić information content (AvgIpc) is 3.36. The summed E-state index contributed by atoms with van der Waals surface area (Å²) < 4.78 is 11.5. The lowest BCUT2D eigenvalue weighted by Crippen LogP contribution is -3.19. The number of quaternary nitrogens is 1. The van der Waals surface area contributed by atoms with Crippen LogP contribution in [0.15, 0.2) is 52.2 Å². The molecular formula is C22H27ClN3O3+. The van der Waals surface area contributed by atoms with Gasteiger partial charge in [-0.15, -0.1) is 0 Å².